The third-order valence-electron chi connectivity index (χ3n) is 4.31. The maximum Gasteiger partial charge on any atom is 0.0332 e. The molecule has 0 aliphatic carbocycles. The summed E-state index contributed by atoms with van der Waals surface area (Å²) in [7, 11) is 0. The second kappa shape index (κ2) is 8.21. The van der Waals surface area contributed by atoms with E-state index in [-0.39, 0.29) is 0 Å². The highest BCUT2D eigenvalue weighted by Crippen LogP contribution is 2.22. The molecule has 1 aromatic carbocycles. The normalized spacial score (nSPS) is 21.4. The molecule has 1 N–H and O–H groups in total. The first-order valence-electron chi connectivity index (χ1n) is 8.23. The van der Waals surface area contributed by atoms with Gasteiger partial charge in [0, 0.05) is 36.7 Å². The molecule has 1 aromatic rings. The smallest absolute Gasteiger partial charge is 0.0332 e. The minimum atomic E-state index is 0.482. The molecule has 2 unspecified atom stereocenters. The minimum absolute atomic E-state index is 0.482. The highest BCUT2D eigenvalue weighted by molar-refractivity contribution is 7.99. The highest BCUT2D eigenvalue weighted by Gasteiger charge is 2.20. The van der Waals surface area contributed by atoms with Gasteiger partial charge in [-0.2, -0.15) is 11.8 Å². The van der Waals surface area contributed by atoms with E-state index in [2.05, 4.69) is 67.9 Å². The Hall–Kier alpha value is -0.510. The fourth-order valence-corrected chi connectivity index (χ4v) is 4.31. The number of hydrogen-bond acceptors (Lipinski definition) is 3. The number of rotatable bonds is 6. The Morgan fingerprint density at radius 1 is 1.29 bits per heavy atom. The van der Waals surface area contributed by atoms with E-state index in [1.165, 1.54) is 47.7 Å². The lowest BCUT2D eigenvalue weighted by Crippen LogP contribution is -2.41. The topological polar surface area (TPSA) is 15.3 Å². The predicted octanol–water partition coefficient (Wildman–Crippen LogP) is 3.78. The summed E-state index contributed by atoms with van der Waals surface area (Å²) in [5.74, 6) is 2.58. The number of nitrogens with one attached hydrogen (secondary N) is 1. The van der Waals surface area contributed by atoms with Crippen molar-refractivity contribution in [2.45, 2.75) is 46.2 Å². The predicted molar refractivity (Wildman–Crippen MR) is 95.3 cm³/mol. The standard InChI is InChI=1S/C18H30N2S/c1-5-19-18(17-11-14(2)10-15(3)12-17)6-7-20-8-9-21-13-16(20)4/h10-12,16,18-19H,5-9,13H2,1-4H3. The van der Waals surface area contributed by atoms with Crippen LogP contribution in [0.15, 0.2) is 18.2 Å². The van der Waals surface area contributed by atoms with Gasteiger partial charge in [-0.05, 0) is 39.3 Å². The van der Waals surface area contributed by atoms with Crippen molar-refractivity contribution in [3.63, 3.8) is 0 Å². The van der Waals surface area contributed by atoms with Crippen LogP contribution in [0.2, 0.25) is 0 Å². The van der Waals surface area contributed by atoms with Gasteiger partial charge in [-0.1, -0.05) is 36.2 Å². The SMILES string of the molecule is CCNC(CCN1CCSCC1C)c1cc(C)cc(C)c1. The molecular weight excluding hydrogens is 276 g/mol. The lowest BCUT2D eigenvalue weighted by Gasteiger charge is -2.34. The van der Waals surface area contributed by atoms with Crippen molar-refractivity contribution < 1.29 is 0 Å². The van der Waals surface area contributed by atoms with Crippen LogP contribution >= 0.6 is 11.8 Å². The second-order valence-corrected chi connectivity index (χ2v) is 7.43. The first-order valence-corrected chi connectivity index (χ1v) is 9.39. The Kier molecular flexibility index (Phi) is 6.59. The third-order valence-corrected chi connectivity index (χ3v) is 5.50. The van der Waals surface area contributed by atoms with Gasteiger partial charge in [-0.15, -0.1) is 0 Å². The molecule has 0 radical (unpaired) electrons. The summed E-state index contributed by atoms with van der Waals surface area (Å²) >= 11 is 2.09. The maximum atomic E-state index is 3.68. The summed E-state index contributed by atoms with van der Waals surface area (Å²) in [5.41, 5.74) is 4.19. The van der Waals surface area contributed by atoms with E-state index in [0.717, 1.165) is 12.6 Å². The third kappa shape index (κ3) is 5.01. The average molecular weight is 307 g/mol. The maximum absolute atomic E-state index is 3.68. The van der Waals surface area contributed by atoms with E-state index < -0.39 is 0 Å². The lowest BCUT2D eigenvalue weighted by molar-refractivity contribution is 0.219. The molecule has 1 fully saturated rings. The zero-order valence-electron chi connectivity index (χ0n) is 14.0. The minimum Gasteiger partial charge on any atom is -0.310 e. The Morgan fingerprint density at radius 2 is 2.00 bits per heavy atom. The van der Waals surface area contributed by atoms with E-state index >= 15 is 0 Å². The van der Waals surface area contributed by atoms with Crippen LogP contribution in [0.5, 0.6) is 0 Å². The zero-order valence-corrected chi connectivity index (χ0v) is 14.8. The van der Waals surface area contributed by atoms with Gasteiger partial charge in [0.15, 0.2) is 0 Å². The Bertz CT molecular complexity index is 427. The zero-order chi connectivity index (χ0) is 15.2. The molecule has 0 bridgehead atoms. The van der Waals surface area contributed by atoms with Gasteiger partial charge in [-0.3, -0.25) is 4.90 Å². The van der Waals surface area contributed by atoms with Crippen molar-refractivity contribution in [1.82, 2.24) is 10.2 Å². The number of nitrogens with zero attached hydrogens (tertiary/aromatic N) is 1. The Balaban J connectivity index is 2.01. The van der Waals surface area contributed by atoms with Crippen molar-refractivity contribution >= 4 is 11.8 Å². The summed E-state index contributed by atoms with van der Waals surface area (Å²) in [4.78, 5) is 2.66. The quantitative estimate of drug-likeness (QED) is 0.861. The largest absolute Gasteiger partial charge is 0.310 e. The van der Waals surface area contributed by atoms with E-state index in [9.17, 15) is 0 Å². The van der Waals surface area contributed by atoms with Crippen LogP contribution in [0.25, 0.3) is 0 Å². The van der Waals surface area contributed by atoms with Crippen LogP contribution in [-0.4, -0.2) is 42.1 Å². The number of thioether (sulfide) groups is 1. The van der Waals surface area contributed by atoms with Crippen LogP contribution in [0, 0.1) is 13.8 Å². The molecule has 2 nitrogen and oxygen atoms in total. The summed E-state index contributed by atoms with van der Waals surface area (Å²) in [6.45, 7) is 12.4. The Morgan fingerprint density at radius 3 is 2.62 bits per heavy atom. The number of aryl methyl sites for hydroxylation is 2. The molecule has 2 atom stereocenters. The van der Waals surface area contributed by atoms with Crippen molar-refractivity contribution in [1.29, 1.82) is 0 Å². The van der Waals surface area contributed by atoms with Gasteiger partial charge < -0.3 is 5.32 Å². The molecule has 1 aliphatic heterocycles. The van der Waals surface area contributed by atoms with Crippen LogP contribution in [0.3, 0.4) is 0 Å². The van der Waals surface area contributed by atoms with Crippen LogP contribution in [0.1, 0.15) is 43.0 Å². The average Bonchev–Trinajstić information content (AvgIpc) is 2.44. The molecule has 0 amide bonds. The Labute approximate surface area is 134 Å². The lowest BCUT2D eigenvalue weighted by atomic mass is 9.98. The molecule has 2 rings (SSSR count). The molecule has 0 spiro atoms. The van der Waals surface area contributed by atoms with Crippen molar-refractivity contribution in [3.05, 3.63) is 34.9 Å². The van der Waals surface area contributed by atoms with E-state index in [0.29, 0.717) is 6.04 Å². The molecule has 0 saturated carbocycles. The van der Waals surface area contributed by atoms with E-state index in [1.807, 2.05) is 0 Å². The summed E-state index contributed by atoms with van der Waals surface area (Å²) in [5, 5.41) is 3.68. The highest BCUT2D eigenvalue weighted by atomic mass is 32.2. The van der Waals surface area contributed by atoms with Crippen LogP contribution in [-0.2, 0) is 0 Å². The van der Waals surface area contributed by atoms with E-state index in [1.54, 1.807) is 0 Å². The van der Waals surface area contributed by atoms with Crippen molar-refractivity contribution in [2.24, 2.45) is 0 Å². The molecule has 1 heterocycles. The van der Waals surface area contributed by atoms with Gasteiger partial charge in [0.25, 0.3) is 0 Å². The molecule has 1 aliphatic rings. The van der Waals surface area contributed by atoms with Gasteiger partial charge in [0.1, 0.15) is 0 Å². The fraction of sp³-hybridized carbons (Fsp3) is 0.667. The number of hydrogen-bond donors (Lipinski definition) is 1. The first-order chi connectivity index (χ1) is 10.1. The monoisotopic (exact) mass is 306 g/mol. The fourth-order valence-electron chi connectivity index (χ4n) is 3.23. The summed E-state index contributed by atoms with van der Waals surface area (Å²) < 4.78 is 0. The number of benzene rings is 1. The molecule has 3 heteroatoms. The molecular formula is C18H30N2S. The van der Waals surface area contributed by atoms with Gasteiger partial charge in [-0.25, -0.2) is 0 Å². The molecule has 0 aromatic heterocycles. The summed E-state index contributed by atoms with van der Waals surface area (Å²) in [6, 6.07) is 8.16. The molecule has 21 heavy (non-hydrogen) atoms. The molecule has 118 valence electrons. The van der Waals surface area contributed by atoms with Crippen molar-refractivity contribution in [3.8, 4) is 0 Å². The molecule has 1 saturated heterocycles. The van der Waals surface area contributed by atoms with E-state index in [4.69, 9.17) is 0 Å². The van der Waals surface area contributed by atoms with Gasteiger partial charge in [0.05, 0.1) is 0 Å². The first kappa shape index (κ1) is 16.9. The van der Waals surface area contributed by atoms with Crippen LogP contribution in [0.4, 0.5) is 0 Å². The summed E-state index contributed by atoms with van der Waals surface area (Å²) in [6.07, 6.45) is 1.20. The second-order valence-electron chi connectivity index (χ2n) is 6.28. The van der Waals surface area contributed by atoms with Crippen LogP contribution < -0.4 is 5.32 Å². The van der Waals surface area contributed by atoms with Gasteiger partial charge in [0.2, 0.25) is 0 Å². The van der Waals surface area contributed by atoms with Gasteiger partial charge >= 0.3 is 0 Å². The van der Waals surface area contributed by atoms with Crippen molar-refractivity contribution in [2.75, 3.05) is 31.1 Å².